The number of aliphatic hydroxyl groups is 1. The molecule has 1 atom stereocenters. The maximum Gasteiger partial charge on any atom is 0.271 e. The van der Waals surface area contributed by atoms with E-state index in [9.17, 15) is 15.2 Å². The zero-order chi connectivity index (χ0) is 20.8. The lowest BCUT2D eigenvalue weighted by molar-refractivity contribution is -0.384. The van der Waals surface area contributed by atoms with Gasteiger partial charge in [0, 0.05) is 30.8 Å². The SMILES string of the molecule is C[C@H](O)c1ccc(-c2ccc(CNCCNc3ccc([N+](=O)[O-])cc3Cl)o2)cc1. The highest BCUT2D eigenvalue weighted by atomic mass is 35.5. The first-order valence-corrected chi connectivity index (χ1v) is 9.57. The molecule has 8 heteroatoms. The zero-order valence-corrected chi connectivity index (χ0v) is 16.6. The Balaban J connectivity index is 1.45. The summed E-state index contributed by atoms with van der Waals surface area (Å²) >= 11 is 6.05. The molecule has 3 N–H and O–H groups in total. The van der Waals surface area contributed by atoms with Gasteiger partial charge in [-0.25, -0.2) is 0 Å². The Morgan fingerprint density at radius 1 is 1.14 bits per heavy atom. The van der Waals surface area contributed by atoms with Crippen LogP contribution in [0.25, 0.3) is 11.3 Å². The number of anilines is 1. The number of nitro groups is 1. The van der Waals surface area contributed by atoms with Gasteiger partial charge < -0.3 is 20.2 Å². The van der Waals surface area contributed by atoms with E-state index in [0.29, 0.717) is 30.3 Å². The summed E-state index contributed by atoms with van der Waals surface area (Å²) in [6, 6.07) is 15.8. The highest BCUT2D eigenvalue weighted by Crippen LogP contribution is 2.26. The largest absolute Gasteiger partial charge is 0.460 e. The number of furan rings is 1. The minimum atomic E-state index is -0.491. The lowest BCUT2D eigenvalue weighted by Gasteiger charge is -2.08. The Kier molecular flexibility index (Phi) is 6.87. The fourth-order valence-electron chi connectivity index (χ4n) is 2.81. The normalized spacial score (nSPS) is 12.0. The van der Waals surface area contributed by atoms with Crippen molar-refractivity contribution in [2.75, 3.05) is 18.4 Å². The van der Waals surface area contributed by atoms with Crippen LogP contribution in [0.5, 0.6) is 0 Å². The number of rotatable bonds is 9. The second-order valence-corrected chi connectivity index (χ2v) is 7.00. The molecule has 3 rings (SSSR count). The summed E-state index contributed by atoms with van der Waals surface area (Å²) in [5, 5.41) is 27.0. The molecule has 0 aliphatic carbocycles. The van der Waals surface area contributed by atoms with Crippen molar-refractivity contribution in [3.05, 3.63) is 81.1 Å². The number of benzene rings is 2. The third-order valence-corrected chi connectivity index (χ3v) is 4.73. The average Bonchev–Trinajstić information content (AvgIpc) is 3.17. The number of halogens is 1. The van der Waals surface area contributed by atoms with Crippen LogP contribution in [0.4, 0.5) is 11.4 Å². The van der Waals surface area contributed by atoms with Crippen LogP contribution >= 0.6 is 11.6 Å². The molecule has 0 radical (unpaired) electrons. The van der Waals surface area contributed by atoms with Crippen molar-refractivity contribution in [2.45, 2.75) is 19.6 Å². The highest BCUT2D eigenvalue weighted by molar-refractivity contribution is 6.33. The van der Waals surface area contributed by atoms with Crippen molar-refractivity contribution in [1.29, 1.82) is 0 Å². The van der Waals surface area contributed by atoms with Crippen LogP contribution in [0.2, 0.25) is 5.02 Å². The molecule has 0 saturated heterocycles. The summed E-state index contributed by atoms with van der Waals surface area (Å²) in [6.07, 6.45) is -0.491. The molecule has 1 heterocycles. The molecule has 3 aromatic rings. The van der Waals surface area contributed by atoms with Gasteiger partial charge >= 0.3 is 0 Å². The molecule has 152 valence electrons. The number of hydrogen-bond acceptors (Lipinski definition) is 6. The van der Waals surface area contributed by atoms with E-state index in [1.165, 1.54) is 12.1 Å². The van der Waals surface area contributed by atoms with E-state index in [-0.39, 0.29) is 5.69 Å². The zero-order valence-electron chi connectivity index (χ0n) is 15.9. The number of hydrogen-bond donors (Lipinski definition) is 3. The third kappa shape index (κ3) is 5.57. The molecule has 0 amide bonds. The summed E-state index contributed by atoms with van der Waals surface area (Å²) < 4.78 is 5.86. The Morgan fingerprint density at radius 2 is 1.90 bits per heavy atom. The average molecular weight is 416 g/mol. The van der Waals surface area contributed by atoms with E-state index in [2.05, 4.69) is 10.6 Å². The quantitative estimate of drug-likeness (QED) is 0.264. The topological polar surface area (TPSA) is 101 Å². The van der Waals surface area contributed by atoms with Gasteiger partial charge in [-0.2, -0.15) is 0 Å². The minimum Gasteiger partial charge on any atom is -0.460 e. The van der Waals surface area contributed by atoms with Crippen LogP contribution < -0.4 is 10.6 Å². The predicted octanol–water partition coefficient (Wildman–Crippen LogP) is 4.76. The highest BCUT2D eigenvalue weighted by Gasteiger charge is 2.09. The van der Waals surface area contributed by atoms with E-state index in [1.807, 2.05) is 36.4 Å². The van der Waals surface area contributed by atoms with E-state index in [1.54, 1.807) is 13.0 Å². The molecule has 1 aromatic heterocycles. The smallest absolute Gasteiger partial charge is 0.271 e. The fraction of sp³-hybridized carbons (Fsp3) is 0.238. The minimum absolute atomic E-state index is 0.0344. The first-order valence-electron chi connectivity index (χ1n) is 9.19. The first-order chi connectivity index (χ1) is 13.9. The molecule has 0 aliphatic rings. The second-order valence-electron chi connectivity index (χ2n) is 6.59. The van der Waals surface area contributed by atoms with Gasteiger partial charge in [0.05, 0.1) is 28.3 Å². The number of nitro benzene ring substituents is 1. The molecule has 0 bridgehead atoms. The lowest BCUT2D eigenvalue weighted by Crippen LogP contribution is -2.21. The van der Waals surface area contributed by atoms with Gasteiger partial charge in [-0.3, -0.25) is 10.1 Å². The van der Waals surface area contributed by atoms with Crippen molar-refractivity contribution in [2.24, 2.45) is 0 Å². The number of nitrogens with zero attached hydrogens (tertiary/aromatic N) is 1. The molecule has 7 nitrogen and oxygen atoms in total. The second kappa shape index (κ2) is 9.56. The third-order valence-electron chi connectivity index (χ3n) is 4.42. The fourth-order valence-corrected chi connectivity index (χ4v) is 3.05. The molecule has 0 aliphatic heterocycles. The van der Waals surface area contributed by atoms with Crippen molar-refractivity contribution >= 4 is 23.0 Å². The summed E-state index contributed by atoms with van der Waals surface area (Å²) in [7, 11) is 0. The summed E-state index contributed by atoms with van der Waals surface area (Å²) in [5.74, 6) is 1.59. The Labute approximate surface area is 173 Å². The van der Waals surface area contributed by atoms with Gasteiger partial charge in [-0.05, 0) is 30.7 Å². The van der Waals surface area contributed by atoms with Crippen LogP contribution in [0.1, 0.15) is 24.4 Å². The van der Waals surface area contributed by atoms with Crippen molar-refractivity contribution in [1.82, 2.24) is 5.32 Å². The van der Waals surface area contributed by atoms with Gasteiger partial charge in [-0.1, -0.05) is 35.9 Å². The molecular weight excluding hydrogens is 394 g/mol. The van der Waals surface area contributed by atoms with Gasteiger partial charge in [-0.15, -0.1) is 0 Å². The van der Waals surface area contributed by atoms with Crippen molar-refractivity contribution in [3.63, 3.8) is 0 Å². The molecule has 0 fully saturated rings. The maximum absolute atomic E-state index is 10.7. The van der Waals surface area contributed by atoms with Crippen LogP contribution in [0, 0.1) is 10.1 Å². The molecule has 0 spiro atoms. The number of aliphatic hydroxyl groups excluding tert-OH is 1. The van der Waals surface area contributed by atoms with Crippen molar-refractivity contribution in [3.8, 4) is 11.3 Å². The van der Waals surface area contributed by atoms with Gasteiger partial charge in [0.2, 0.25) is 0 Å². The number of nitrogens with one attached hydrogen (secondary N) is 2. The summed E-state index contributed by atoms with van der Waals surface area (Å²) in [5.41, 5.74) is 2.44. The lowest BCUT2D eigenvalue weighted by atomic mass is 10.1. The summed E-state index contributed by atoms with van der Waals surface area (Å²) in [6.45, 7) is 3.57. The van der Waals surface area contributed by atoms with E-state index in [4.69, 9.17) is 16.0 Å². The maximum atomic E-state index is 10.7. The van der Waals surface area contributed by atoms with E-state index in [0.717, 1.165) is 22.6 Å². The van der Waals surface area contributed by atoms with Gasteiger partial charge in [0.1, 0.15) is 11.5 Å². The molecule has 0 saturated carbocycles. The molecular formula is C21H22ClN3O4. The standard InChI is InChI=1S/C21H22ClN3O4/c1-14(26)15-2-4-16(5-3-15)21-9-7-18(29-21)13-23-10-11-24-20-8-6-17(25(27)28)12-19(20)22/h2-9,12,14,23-24,26H,10-11,13H2,1H3/t14-/m0/s1. The van der Waals surface area contributed by atoms with E-state index < -0.39 is 11.0 Å². The molecule has 0 unspecified atom stereocenters. The molecule has 29 heavy (non-hydrogen) atoms. The van der Waals surface area contributed by atoms with Crippen molar-refractivity contribution < 1.29 is 14.4 Å². The number of non-ortho nitro benzene ring substituents is 1. The first kappa shape index (κ1) is 20.9. The van der Waals surface area contributed by atoms with Crippen LogP contribution in [0.15, 0.2) is 59.0 Å². The van der Waals surface area contributed by atoms with Crippen LogP contribution in [-0.2, 0) is 6.54 Å². The Morgan fingerprint density at radius 3 is 2.55 bits per heavy atom. The van der Waals surface area contributed by atoms with E-state index >= 15 is 0 Å². The monoisotopic (exact) mass is 415 g/mol. The molecule has 2 aromatic carbocycles. The predicted molar refractivity (Wildman–Crippen MR) is 113 cm³/mol. The van der Waals surface area contributed by atoms with Crippen LogP contribution in [-0.4, -0.2) is 23.1 Å². The Hall–Kier alpha value is -2.87. The van der Waals surface area contributed by atoms with Gasteiger partial charge in [0.25, 0.3) is 5.69 Å². The van der Waals surface area contributed by atoms with Crippen LogP contribution in [0.3, 0.4) is 0 Å². The summed E-state index contributed by atoms with van der Waals surface area (Å²) in [4.78, 5) is 10.3. The van der Waals surface area contributed by atoms with Gasteiger partial charge in [0.15, 0.2) is 0 Å². The Bertz CT molecular complexity index is 970.